The summed E-state index contributed by atoms with van der Waals surface area (Å²) in [5, 5.41) is 0. The number of benzene rings is 1. The quantitative estimate of drug-likeness (QED) is 0.812. The number of ether oxygens (including phenoxy) is 1. The predicted octanol–water partition coefficient (Wildman–Crippen LogP) is 0.728. The summed E-state index contributed by atoms with van der Waals surface area (Å²) in [6.45, 7) is 3.00. The van der Waals surface area contributed by atoms with Gasteiger partial charge in [-0.1, -0.05) is 12.1 Å². The normalized spacial score (nSPS) is 16.3. The lowest BCUT2D eigenvalue weighted by atomic mass is 10.2. The summed E-state index contributed by atoms with van der Waals surface area (Å²) < 4.78 is 5.17. The molecule has 2 N–H and O–H groups in total. The molecule has 6 nitrogen and oxygen atoms in total. The van der Waals surface area contributed by atoms with Crippen LogP contribution in [0.5, 0.6) is 5.75 Å². The van der Waals surface area contributed by atoms with Crippen molar-refractivity contribution < 1.29 is 14.3 Å². The van der Waals surface area contributed by atoms with Gasteiger partial charge in [0, 0.05) is 32.3 Å². The van der Waals surface area contributed by atoms with Gasteiger partial charge in [0.05, 0.1) is 13.7 Å². The van der Waals surface area contributed by atoms with Crippen molar-refractivity contribution in [2.24, 2.45) is 5.73 Å². The molecule has 1 heterocycles. The van der Waals surface area contributed by atoms with Crippen molar-refractivity contribution in [3.05, 3.63) is 35.9 Å². The zero-order valence-corrected chi connectivity index (χ0v) is 13.4. The van der Waals surface area contributed by atoms with E-state index in [1.807, 2.05) is 29.2 Å². The molecule has 0 unspecified atom stereocenters. The van der Waals surface area contributed by atoms with E-state index in [1.54, 1.807) is 24.2 Å². The molecule has 1 aliphatic rings. The molecule has 1 aromatic carbocycles. The Kier molecular flexibility index (Phi) is 6.17. The van der Waals surface area contributed by atoms with E-state index in [1.165, 1.54) is 0 Å². The fourth-order valence-corrected chi connectivity index (χ4v) is 2.59. The molecule has 0 bridgehead atoms. The smallest absolute Gasteiger partial charge is 0.246 e. The second-order valence-electron chi connectivity index (χ2n) is 5.53. The summed E-state index contributed by atoms with van der Waals surface area (Å²) in [6, 6.07) is 7.54. The molecule has 1 fully saturated rings. The highest BCUT2D eigenvalue weighted by atomic mass is 16.5. The molecule has 6 heteroatoms. The van der Waals surface area contributed by atoms with Gasteiger partial charge >= 0.3 is 0 Å². The Balaban J connectivity index is 1.92. The van der Waals surface area contributed by atoms with E-state index in [9.17, 15) is 9.59 Å². The monoisotopic (exact) mass is 317 g/mol. The van der Waals surface area contributed by atoms with Crippen molar-refractivity contribution >= 4 is 17.9 Å². The van der Waals surface area contributed by atoms with Crippen LogP contribution in [0.25, 0.3) is 6.08 Å². The van der Waals surface area contributed by atoms with Gasteiger partial charge in [0.2, 0.25) is 11.8 Å². The Bertz CT molecular complexity index is 586. The number of hydrogen-bond acceptors (Lipinski definition) is 4. The highest BCUT2D eigenvalue weighted by molar-refractivity contribution is 5.91. The van der Waals surface area contributed by atoms with Crippen molar-refractivity contribution in [3.8, 4) is 5.75 Å². The Morgan fingerprint density at radius 1 is 1.26 bits per heavy atom. The first-order chi connectivity index (χ1) is 11.1. The number of nitrogens with two attached hydrogens (primary N) is 1. The van der Waals surface area contributed by atoms with E-state index in [0.717, 1.165) is 24.3 Å². The summed E-state index contributed by atoms with van der Waals surface area (Å²) in [6.07, 6.45) is 4.21. The highest BCUT2D eigenvalue weighted by Crippen LogP contribution is 2.14. The summed E-state index contributed by atoms with van der Waals surface area (Å²) in [5.41, 5.74) is 6.14. The lowest BCUT2D eigenvalue weighted by Crippen LogP contribution is -2.37. The number of carbonyl (C=O) groups is 2. The average molecular weight is 317 g/mol. The van der Waals surface area contributed by atoms with Crippen LogP contribution in [-0.4, -0.2) is 61.4 Å². The van der Waals surface area contributed by atoms with Crippen LogP contribution in [-0.2, 0) is 9.59 Å². The number of nitrogens with zero attached hydrogens (tertiary/aromatic N) is 2. The van der Waals surface area contributed by atoms with Crippen LogP contribution in [0.4, 0.5) is 0 Å². The van der Waals surface area contributed by atoms with Gasteiger partial charge in [-0.15, -0.1) is 0 Å². The first-order valence-corrected chi connectivity index (χ1v) is 7.70. The number of primary amides is 1. The van der Waals surface area contributed by atoms with Crippen LogP contribution >= 0.6 is 0 Å². The minimum atomic E-state index is -0.331. The molecule has 0 radical (unpaired) electrons. The van der Waals surface area contributed by atoms with Gasteiger partial charge in [-0.3, -0.25) is 14.5 Å². The second kappa shape index (κ2) is 8.33. The van der Waals surface area contributed by atoms with Gasteiger partial charge in [-0.25, -0.2) is 0 Å². The molecule has 1 aromatic rings. The summed E-state index contributed by atoms with van der Waals surface area (Å²) in [7, 11) is 1.61. The van der Waals surface area contributed by atoms with E-state index in [0.29, 0.717) is 19.6 Å². The van der Waals surface area contributed by atoms with Crippen molar-refractivity contribution in [1.29, 1.82) is 0 Å². The first kappa shape index (κ1) is 17.0. The minimum absolute atomic E-state index is 0.0197. The molecular weight excluding hydrogens is 294 g/mol. The highest BCUT2D eigenvalue weighted by Gasteiger charge is 2.18. The van der Waals surface area contributed by atoms with Gasteiger partial charge in [-0.05, 0) is 30.2 Å². The number of methoxy groups -OCH3 is 1. The van der Waals surface area contributed by atoms with E-state index in [2.05, 4.69) is 0 Å². The van der Waals surface area contributed by atoms with Gasteiger partial charge in [0.25, 0.3) is 0 Å². The van der Waals surface area contributed by atoms with E-state index < -0.39 is 0 Å². The summed E-state index contributed by atoms with van der Waals surface area (Å²) in [5.74, 6) is 0.410. The van der Waals surface area contributed by atoms with Crippen LogP contribution in [0.1, 0.15) is 12.0 Å². The van der Waals surface area contributed by atoms with E-state index in [-0.39, 0.29) is 18.4 Å². The van der Waals surface area contributed by atoms with Crippen LogP contribution in [0, 0.1) is 0 Å². The summed E-state index contributed by atoms with van der Waals surface area (Å²) >= 11 is 0. The number of hydrogen-bond donors (Lipinski definition) is 1. The average Bonchev–Trinajstić information content (AvgIpc) is 2.78. The van der Waals surface area contributed by atoms with Crippen LogP contribution < -0.4 is 10.5 Å². The SMILES string of the molecule is COc1cccc(/C=C\C(=O)N2CCCN(CC(N)=O)CC2)c1. The molecule has 23 heavy (non-hydrogen) atoms. The van der Waals surface area contributed by atoms with Crippen molar-refractivity contribution in [2.45, 2.75) is 6.42 Å². The molecule has 0 aliphatic carbocycles. The maximum atomic E-state index is 12.3. The molecule has 0 atom stereocenters. The third-order valence-corrected chi connectivity index (χ3v) is 3.79. The topological polar surface area (TPSA) is 75.9 Å². The molecule has 124 valence electrons. The van der Waals surface area contributed by atoms with Crippen LogP contribution in [0.3, 0.4) is 0 Å². The molecule has 0 spiro atoms. The Labute approximate surface area is 136 Å². The fraction of sp³-hybridized carbons (Fsp3) is 0.412. The number of carbonyl (C=O) groups excluding carboxylic acids is 2. The third-order valence-electron chi connectivity index (χ3n) is 3.79. The lowest BCUT2D eigenvalue weighted by Gasteiger charge is -2.19. The molecule has 2 amide bonds. The first-order valence-electron chi connectivity index (χ1n) is 7.70. The Morgan fingerprint density at radius 3 is 2.83 bits per heavy atom. The van der Waals surface area contributed by atoms with Gasteiger partial charge < -0.3 is 15.4 Å². The van der Waals surface area contributed by atoms with Crippen LogP contribution in [0.2, 0.25) is 0 Å². The summed E-state index contributed by atoms with van der Waals surface area (Å²) in [4.78, 5) is 27.1. The van der Waals surface area contributed by atoms with Gasteiger partial charge in [0.15, 0.2) is 0 Å². The van der Waals surface area contributed by atoms with E-state index >= 15 is 0 Å². The second-order valence-corrected chi connectivity index (χ2v) is 5.53. The number of amides is 2. The molecule has 1 aliphatic heterocycles. The molecule has 2 rings (SSSR count). The van der Waals surface area contributed by atoms with Gasteiger partial charge in [0.1, 0.15) is 5.75 Å². The number of rotatable bonds is 5. The van der Waals surface area contributed by atoms with Gasteiger partial charge in [-0.2, -0.15) is 0 Å². The Hall–Kier alpha value is -2.34. The maximum absolute atomic E-state index is 12.3. The zero-order chi connectivity index (χ0) is 16.7. The van der Waals surface area contributed by atoms with Crippen molar-refractivity contribution in [3.63, 3.8) is 0 Å². The molecule has 0 saturated carbocycles. The van der Waals surface area contributed by atoms with Crippen molar-refractivity contribution in [2.75, 3.05) is 39.8 Å². The predicted molar refractivity (Wildman–Crippen MR) is 88.9 cm³/mol. The minimum Gasteiger partial charge on any atom is -0.497 e. The molecule has 0 aromatic heterocycles. The van der Waals surface area contributed by atoms with Crippen LogP contribution in [0.15, 0.2) is 30.3 Å². The zero-order valence-electron chi connectivity index (χ0n) is 13.4. The lowest BCUT2D eigenvalue weighted by molar-refractivity contribution is -0.125. The third kappa shape index (κ3) is 5.41. The Morgan fingerprint density at radius 2 is 2.09 bits per heavy atom. The standard InChI is InChI=1S/C17H23N3O3/c1-23-15-5-2-4-14(12-15)6-7-17(22)20-9-3-8-19(10-11-20)13-16(18)21/h2,4-7,12H,3,8-11,13H2,1H3,(H2,18,21)/b7-6-. The maximum Gasteiger partial charge on any atom is 0.246 e. The molecular formula is C17H23N3O3. The largest absolute Gasteiger partial charge is 0.497 e. The fourth-order valence-electron chi connectivity index (χ4n) is 2.59. The van der Waals surface area contributed by atoms with E-state index in [4.69, 9.17) is 10.5 Å². The van der Waals surface area contributed by atoms with Crippen molar-refractivity contribution in [1.82, 2.24) is 9.80 Å². The molecule has 1 saturated heterocycles.